The molecule has 1 fully saturated rings. The Morgan fingerprint density at radius 1 is 1.11 bits per heavy atom. The number of hydrogen-bond acceptors (Lipinski definition) is 3. The second-order valence-electron chi connectivity index (χ2n) is 6.78. The van der Waals surface area contributed by atoms with E-state index in [4.69, 9.17) is 21.3 Å². The number of aromatic nitrogens is 1. The number of ether oxygens (including phenoxy) is 1. The number of nitrogens with zero attached hydrogens (tertiary/aromatic N) is 2. The number of para-hydroxylation sites is 1. The Hall–Kier alpha value is -2.43. The molecule has 3 aromatic rings. The molecule has 138 valence electrons. The van der Waals surface area contributed by atoms with Crippen molar-refractivity contribution in [1.29, 1.82) is 0 Å². The van der Waals surface area contributed by atoms with Gasteiger partial charge in [-0.05, 0) is 31.0 Å². The monoisotopic (exact) mass is 380 g/mol. The molecule has 0 radical (unpaired) electrons. The van der Waals surface area contributed by atoms with Crippen LogP contribution >= 0.6 is 11.6 Å². The number of fused-ring (bicyclic) bond motifs is 1. The molecular weight excluding hydrogens is 360 g/mol. The minimum Gasteiger partial charge on any atom is -0.381 e. The Labute approximate surface area is 163 Å². The van der Waals surface area contributed by atoms with Crippen molar-refractivity contribution in [2.75, 3.05) is 20.2 Å². The van der Waals surface area contributed by atoms with Crippen LogP contribution in [0, 0.1) is 0 Å². The Kier molecular flexibility index (Phi) is 5.10. The molecule has 5 heteroatoms. The van der Waals surface area contributed by atoms with E-state index < -0.39 is 0 Å². The molecule has 0 N–H and O–H groups in total. The summed E-state index contributed by atoms with van der Waals surface area (Å²) in [6.07, 6.45) is 1.97. The van der Waals surface area contributed by atoms with Crippen LogP contribution < -0.4 is 0 Å². The van der Waals surface area contributed by atoms with Crippen molar-refractivity contribution in [3.05, 3.63) is 65.2 Å². The molecule has 1 saturated heterocycles. The molecule has 1 aliphatic rings. The van der Waals surface area contributed by atoms with Crippen molar-refractivity contribution in [2.24, 2.45) is 0 Å². The molecule has 0 aliphatic carbocycles. The maximum atomic E-state index is 13.3. The zero-order valence-electron chi connectivity index (χ0n) is 15.2. The Bertz CT molecular complexity index is 981. The highest BCUT2D eigenvalue weighted by Crippen LogP contribution is 2.30. The highest BCUT2D eigenvalue weighted by atomic mass is 35.5. The van der Waals surface area contributed by atoms with E-state index in [0.717, 1.165) is 35.0 Å². The van der Waals surface area contributed by atoms with E-state index in [9.17, 15) is 4.79 Å². The number of rotatable bonds is 3. The van der Waals surface area contributed by atoms with Crippen LogP contribution in [-0.2, 0) is 4.74 Å². The number of carbonyl (C=O) groups is 1. The van der Waals surface area contributed by atoms with E-state index in [0.29, 0.717) is 23.7 Å². The van der Waals surface area contributed by atoms with Crippen LogP contribution in [0.3, 0.4) is 0 Å². The normalized spacial score (nSPS) is 15.3. The maximum absolute atomic E-state index is 13.3. The van der Waals surface area contributed by atoms with Gasteiger partial charge in [-0.3, -0.25) is 4.79 Å². The lowest BCUT2D eigenvalue weighted by molar-refractivity contribution is 0.0352. The maximum Gasteiger partial charge on any atom is 0.254 e. The first-order valence-corrected chi connectivity index (χ1v) is 9.52. The lowest BCUT2D eigenvalue weighted by Gasteiger charge is -2.31. The summed E-state index contributed by atoms with van der Waals surface area (Å²) in [5, 5.41) is 1.49. The molecule has 2 aromatic carbocycles. The Morgan fingerprint density at radius 3 is 2.56 bits per heavy atom. The van der Waals surface area contributed by atoms with Crippen LogP contribution in [0.1, 0.15) is 23.2 Å². The quantitative estimate of drug-likeness (QED) is 0.655. The van der Waals surface area contributed by atoms with Gasteiger partial charge < -0.3 is 9.64 Å². The second-order valence-corrected chi connectivity index (χ2v) is 7.19. The zero-order chi connectivity index (χ0) is 18.8. The number of likely N-dealkylation sites (tertiary alicyclic amines) is 1. The standard InChI is InChI=1S/C22H21ClN2O2/c1-27-15-10-12-25(13-11-15)22(26)18-14-21(17-7-2-4-8-19(17)23)24-20-9-5-3-6-16(18)20/h2-9,14-15H,10-13H2,1H3. The number of amides is 1. The lowest BCUT2D eigenvalue weighted by atomic mass is 10.0. The fourth-order valence-corrected chi connectivity index (χ4v) is 3.86. The molecule has 0 spiro atoms. The van der Waals surface area contributed by atoms with E-state index in [2.05, 4.69) is 0 Å². The largest absolute Gasteiger partial charge is 0.381 e. The van der Waals surface area contributed by atoms with Crippen molar-refractivity contribution in [3.63, 3.8) is 0 Å². The topological polar surface area (TPSA) is 42.4 Å². The summed E-state index contributed by atoms with van der Waals surface area (Å²) in [4.78, 5) is 20.0. The summed E-state index contributed by atoms with van der Waals surface area (Å²) in [6.45, 7) is 1.41. The third-order valence-corrected chi connectivity index (χ3v) is 5.49. The smallest absolute Gasteiger partial charge is 0.254 e. The van der Waals surface area contributed by atoms with Crippen molar-refractivity contribution >= 4 is 28.4 Å². The molecule has 27 heavy (non-hydrogen) atoms. The van der Waals surface area contributed by atoms with Gasteiger partial charge in [0.2, 0.25) is 0 Å². The summed E-state index contributed by atoms with van der Waals surface area (Å²) in [5.41, 5.74) is 3.02. The molecule has 1 amide bonds. The molecule has 1 aliphatic heterocycles. The molecule has 0 atom stereocenters. The first-order chi connectivity index (χ1) is 13.2. The van der Waals surface area contributed by atoms with Gasteiger partial charge in [0.15, 0.2) is 0 Å². The second kappa shape index (κ2) is 7.67. The molecule has 2 heterocycles. The van der Waals surface area contributed by atoms with Gasteiger partial charge in [-0.2, -0.15) is 0 Å². The fraction of sp³-hybridized carbons (Fsp3) is 0.273. The highest BCUT2D eigenvalue weighted by molar-refractivity contribution is 6.33. The zero-order valence-corrected chi connectivity index (χ0v) is 15.9. The lowest BCUT2D eigenvalue weighted by Crippen LogP contribution is -2.40. The highest BCUT2D eigenvalue weighted by Gasteiger charge is 2.25. The Balaban J connectivity index is 1.77. The van der Waals surface area contributed by atoms with Crippen molar-refractivity contribution in [3.8, 4) is 11.3 Å². The minimum absolute atomic E-state index is 0.0384. The number of halogens is 1. The summed E-state index contributed by atoms with van der Waals surface area (Å²) in [5.74, 6) is 0.0384. The predicted octanol–water partition coefficient (Wildman–Crippen LogP) is 4.81. The van der Waals surface area contributed by atoms with Crippen LogP contribution in [0.5, 0.6) is 0 Å². The average Bonchev–Trinajstić information content (AvgIpc) is 2.73. The van der Waals surface area contributed by atoms with Gasteiger partial charge in [0.25, 0.3) is 5.91 Å². The predicted molar refractivity (Wildman–Crippen MR) is 108 cm³/mol. The van der Waals surface area contributed by atoms with Gasteiger partial charge in [0, 0.05) is 36.2 Å². The van der Waals surface area contributed by atoms with Gasteiger partial charge >= 0.3 is 0 Å². The van der Waals surface area contributed by atoms with Crippen LogP contribution in [0.2, 0.25) is 5.02 Å². The van der Waals surface area contributed by atoms with Crippen molar-refractivity contribution < 1.29 is 9.53 Å². The summed E-state index contributed by atoms with van der Waals surface area (Å²) < 4.78 is 5.42. The minimum atomic E-state index is 0.0384. The van der Waals surface area contributed by atoms with Gasteiger partial charge in [0.1, 0.15) is 0 Å². The molecule has 4 rings (SSSR count). The third-order valence-electron chi connectivity index (χ3n) is 5.16. The van der Waals surface area contributed by atoms with Crippen LogP contribution in [0.15, 0.2) is 54.6 Å². The van der Waals surface area contributed by atoms with E-state index in [1.807, 2.05) is 59.5 Å². The van der Waals surface area contributed by atoms with E-state index in [1.54, 1.807) is 7.11 Å². The molecule has 0 saturated carbocycles. The van der Waals surface area contributed by atoms with Crippen LogP contribution in [0.25, 0.3) is 22.2 Å². The number of carbonyl (C=O) groups excluding carboxylic acids is 1. The summed E-state index contributed by atoms with van der Waals surface area (Å²) >= 11 is 6.37. The fourth-order valence-electron chi connectivity index (χ4n) is 3.62. The van der Waals surface area contributed by atoms with Gasteiger partial charge in [-0.1, -0.05) is 48.0 Å². The number of piperidine rings is 1. The third kappa shape index (κ3) is 3.55. The molecule has 4 nitrogen and oxygen atoms in total. The van der Waals surface area contributed by atoms with E-state index in [-0.39, 0.29) is 12.0 Å². The molecular formula is C22H21ClN2O2. The number of benzene rings is 2. The van der Waals surface area contributed by atoms with Crippen molar-refractivity contribution in [1.82, 2.24) is 9.88 Å². The summed E-state index contributed by atoms with van der Waals surface area (Å²) in [6, 6.07) is 17.2. The first-order valence-electron chi connectivity index (χ1n) is 9.14. The SMILES string of the molecule is COC1CCN(C(=O)c2cc(-c3ccccc3Cl)nc3ccccc23)CC1. The van der Waals surface area contributed by atoms with Crippen molar-refractivity contribution in [2.45, 2.75) is 18.9 Å². The van der Waals surface area contributed by atoms with Crippen LogP contribution in [-0.4, -0.2) is 42.1 Å². The first kappa shape index (κ1) is 18.0. The van der Waals surface area contributed by atoms with Crippen LogP contribution in [0.4, 0.5) is 0 Å². The average molecular weight is 381 g/mol. The van der Waals surface area contributed by atoms with Gasteiger partial charge in [-0.15, -0.1) is 0 Å². The molecule has 1 aromatic heterocycles. The van der Waals surface area contributed by atoms with Gasteiger partial charge in [0.05, 0.1) is 22.9 Å². The number of hydrogen-bond donors (Lipinski definition) is 0. The Morgan fingerprint density at radius 2 is 1.81 bits per heavy atom. The molecule has 0 bridgehead atoms. The number of pyridine rings is 1. The van der Waals surface area contributed by atoms with E-state index in [1.165, 1.54) is 0 Å². The number of methoxy groups -OCH3 is 1. The summed E-state index contributed by atoms with van der Waals surface area (Å²) in [7, 11) is 1.73. The van der Waals surface area contributed by atoms with Gasteiger partial charge in [-0.25, -0.2) is 4.98 Å². The molecule has 0 unspecified atom stereocenters. The van der Waals surface area contributed by atoms with E-state index >= 15 is 0 Å².